The topological polar surface area (TPSA) is 107 Å². The molecule has 6 nitrogen and oxygen atoms in total. The van der Waals surface area contributed by atoms with Crippen molar-refractivity contribution >= 4 is 11.8 Å². The van der Waals surface area contributed by atoms with Crippen molar-refractivity contribution in [2.45, 2.75) is 51.9 Å². The van der Waals surface area contributed by atoms with Gasteiger partial charge in [0.25, 0.3) is 0 Å². The second-order valence-corrected chi connectivity index (χ2v) is 5.77. The summed E-state index contributed by atoms with van der Waals surface area (Å²) in [7, 11) is 0. The van der Waals surface area contributed by atoms with Crippen molar-refractivity contribution in [2.75, 3.05) is 6.54 Å². The fraction of sp³-hybridized carbons (Fsp3) is 0.833. The van der Waals surface area contributed by atoms with Crippen LogP contribution in [0.5, 0.6) is 0 Å². The summed E-state index contributed by atoms with van der Waals surface area (Å²) in [5, 5.41) is 2.66. The monoisotopic (exact) mass is 257 g/mol. The molecule has 0 aromatic heterocycles. The Bertz CT molecular complexity index is 325. The van der Waals surface area contributed by atoms with Gasteiger partial charge in [-0.05, 0) is 18.3 Å². The minimum absolute atomic E-state index is 0.0672. The lowest BCUT2D eigenvalue weighted by Gasteiger charge is -2.29. The summed E-state index contributed by atoms with van der Waals surface area (Å²) in [5.41, 5.74) is 10.4. The predicted molar refractivity (Wildman–Crippen MR) is 67.5 cm³/mol. The molecule has 5 N–H and O–H groups in total. The molecule has 1 fully saturated rings. The Morgan fingerprint density at radius 3 is 2.39 bits per heavy atom. The number of primary amides is 1. The summed E-state index contributed by atoms with van der Waals surface area (Å²) in [6.07, 6.45) is 0.805. The van der Waals surface area contributed by atoms with E-state index >= 15 is 0 Å². The van der Waals surface area contributed by atoms with E-state index in [4.69, 9.17) is 16.2 Å². The molecule has 1 saturated heterocycles. The van der Waals surface area contributed by atoms with E-state index in [1.807, 2.05) is 20.8 Å². The van der Waals surface area contributed by atoms with Gasteiger partial charge in [-0.2, -0.15) is 0 Å². The van der Waals surface area contributed by atoms with E-state index in [0.29, 0.717) is 13.0 Å². The zero-order valence-corrected chi connectivity index (χ0v) is 11.2. The second-order valence-electron chi connectivity index (χ2n) is 5.77. The van der Waals surface area contributed by atoms with E-state index < -0.39 is 23.5 Å². The number of ether oxygens (including phenoxy) is 1. The van der Waals surface area contributed by atoms with Crippen LogP contribution in [0.1, 0.15) is 33.6 Å². The molecular formula is C12H23N3O3. The van der Waals surface area contributed by atoms with Gasteiger partial charge in [0.05, 0.1) is 6.10 Å². The lowest BCUT2D eigenvalue weighted by atomic mass is 9.86. The first-order valence-electron chi connectivity index (χ1n) is 6.21. The van der Waals surface area contributed by atoms with Crippen molar-refractivity contribution in [2.24, 2.45) is 16.9 Å². The number of nitrogens with one attached hydrogen (secondary N) is 1. The van der Waals surface area contributed by atoms with Crippen molar-refractivity contribution in [3.05, 3.63) is 0 Å². The molecule has 0 bridgehead atoms. The van der Waals surface area contributed by atoms with Crippen LogP contribution in [0.25, 0.3) is 0 Å². The number of nitrogens with two attached hydrogens (primary N) is 2. The van der Waals surface area contributed by atoms with Crippen LogP contribution in [0.2, 0.25) is 0 Å². The van der Waals surface area contributed by atoms with Gasteiger partial charge in [-0.25, -0.2) is 0 Å². The number of rotatable bonds is 4. The van der Waals surface area contributed by atoms with Gasteiger partial charge < -0.3 is 21.5 Å². The van der Waals surface area contributed by atoms with Gasteiger partial charge in [-0.1, -0.05) is 20.8 Å². The number of hydrogen-bond acceptors (Lipinski definition) is 4. The van der Waals surface area contributed by atoms with E-state index in [9.17, 15) is 9.59 Å². The van der Waals surface area contributed by atoms with Gasteiger partial charge in [0, 0.05) is 6.54 Å². The molecule has 0 radical (unpaired) electrons. The average Bonchev–Trinajstić information content (AvgIpc) is 2.71. The zero-order chi connectivity index (χ0) is 13.9. The standard InChI is InChI=1S/C12H23N3O3/c1-12(2,3)9(10(14)16)15-11(17)8-5-4-7(6-13)18-8/h7-9H,4-6,13H2,1-3H3,(H2,14,16)(H,15,17)/t7-,8+,9-/m1/s1. The second kappa shape index (κ2) is 5.67. The first kappa shape index (κ1) is 14.9. The largest absolute Gasteiger partial charge is 0.368 e. The van der Waals surface area contributed by atoms with Crippen LogP contribution in [0.3, 0.4) is 0 Å². The molecule has 0 saturated carbocycles. The minimum Gasteiger partial charge on any atom is -0.368 e. The Labute approximate surface area is 107 Å². The zero-order valence-electron chi connectivity index (χ0n) is 11.2. The molecular weight excluding hydrogens is 234 g/mol. The lowest BCUT2D eigenvalue weighted by molar-refractivity contribution is -0.136. The highest BCUT2D eigenvalue weighted by Gasteiger charge is 2.36. The molecule has 1 rings (SSSR count). The summed E-state index contributed by atoms with van der Waals surface area (Å²) in [5.74, 6) is -0.825. The molecule has 1 heterocycles. The summed E-state index contributed by atoms with van der Waals surface area (Å²) in [4.78, 5) is 23.3. The number of carbonyl (C=O) groups is 2. The van der Waals surface area contributed by atoms with Gasteiger partial charge >= 0.3 is 0 Å². The third kappa shape index (κ3) is 3.68. The van der Waals surface area contributed by atoms with E-state index in [-0.39, 0.29) is 12.0 Å². The number of amides is 2. The van der Waals surface area contributed by atoms with Gasteiger partial charge in [-0.15, -0.1) is 0 Å². The van der Waals surface area contributed by atoms with Crippen LogP contribution in [0.4, 0.5) is 0 Å². The average molecular weight is 257 g/mol. The van der Waals surface area contributed by atoms with E-state index in [0.717, 1.165) is 6.42 Å². The first-order chi connectivity index (χ1) is 8.25. The molecule has 1 aliphatic rings. The molecule has 3 atom stereocenters. The Morgan fingerprint density at radius 1 is 1.39 bits per heavy atom. The van der Waals surface area contributed by atoms with Crippen LogP contribution >= 0.6 is 0 Å². The van der Waals surface area contributed by atoms with Crippen LogP contribution < -0.4 is 16.8 Å². The molecule has 1 aliphatic heterocycles. The molecule has 104 valence electrons. The molecule has 0 spiro atoms. The van der Waals surface area contributed by atoms with Crippen molar-refractivity contribution in [3.63, 3.8) is 0 Å². The predicted octanol–water partition coefficient (Wildman–Crippen LogP) is -0.491. The van der Waals surface area contributed by atoms with Gasteiger partial charge in [-0.3, -0.25) is 9.59 Å². The molecule has 2 amide bonds. The normalized spacial score (nSPS) is 25.8. The van der Waals surface area contributed by atoms with Crippen molar-refractivity contribution in [1.29, 1.82) is 0 Å². The third-order valence-corrected chi connectivity index (χ3v) is 3.10. The van der Waals surface area contributed by atoms with E-state index in [2.05, 4.69) is 5.32 Å². The smallest absolute Gasteiger partial charge is 0.249 e. The Morgan fingerprint density at radius 2 is 2.00 bits per heavy atom. The van der Waals surface area contributed by atoms with E-state index in [1.165, 1.54) is 0 Å². The van der Waals surface area contributed by atoms with Gasteiger partial charge in [0.1, 0.15) is 12.1 Å². The van der Waals surface area contributed by atoms with Crippen molar-refractivity contribution in [1.82, 2.24) is 5.32 Å². The Balaban J connectivity index is 2.60. The summed E-state index contributed by atoms with van der Waals surface area (Å²) >= 11 is 0. The maximum absolute atomic E-state index is 12.0. The highest BCUT2D eigenvalue weighted by atomic mass is 16.5. The van der Waals surface area contributed by atoms with E-state index in [1.54, 1.807) is 0 Å². The molecule has 0 unspecified atom stereocenters. The van der Waals surface area contributed by atoms with Gasteiger partial charge in [0.15, 0.2) is 0 Å². The number of hydrogen-bond donors (Lipinski definition) is 3. The maximum Gasteiger partial charge on any atom is 0.249 e. The molecule has 0 aromatic rings. The Hall–Kier alpha value is -1.14. The molecule has 0 aliphatic carbocycles. The van der Waals surface area contributed by atoms with Crippen LogP contribution in [-0.4, -0.2) is 36.6 Å². The van der Waals surface area contributed by atoms with Crippen LogP contribution in [0.15, 0.2) is 0 Å². The number of carbonyl (C=O) groups excluding carboxylic acids is 2. The Kier molecular flexibility index (Phi) is 4.70. The fourth-order valence-corrected chi connectivity index (χ4v) is 2.02. The quantitative estimate of drug-likeness (QED) is 0.631. The lowest BCUT2D eigenvalue weighted by Crippen LogP contribution is -2.54. The third-order valence-electron chi connectivity index (χ3n) is 3.10. The van der Waals surface area contributed by atoms with Crippen molar-refractivity contribution < 1.29 is 14.3 Å². The first-order valence-corrected chi connectivity index (χ1v) is 6.21. The van der Waals surface area contributed by atoms with Gasteiger partial charge in [0.2, 0.25) is 11.8 Å². The van der Waals surface area contributed by atoms with Crippen molar-refractivity contribution in [3.8, 4) is 0 Å². The maximum atomic E-state index is 12.0. The molecule has 0 aromatic carbocycles. The summed E-state index contributed by atoms with van der Waals surface area (Å²) in [6.45, 7) is 5.95. The highest BCUT2D eigenvalue weighted by Crippen LogP contribution is 2.22. The summed E-state index contributed by atoms with van der Waals surface area (Å²) in [6, 6.07) is -0.703. The van der Waals surface area contributed by atoms with Crippen LogP contribution in [-0.2, 0) is 14.3 Å². The fourth-order valence-electron chi connectivity index (χ4n) is 2.02. The molecule has 6 heteroatoms. The highest BCUT2D eigenvalue weighted by molar-refractivity contribution is 5.89. The minimum atomic E-state index is -0.703. The SMILES string of the molecule is CC(C)(C)[C@H](NC(=O)[C@@H]1CC[C@H](CN)O1)C(N)=O. The van der Waals surface area contributed by atoms with Crippen LogP contribution in [0, 0.1) is 5.41 Å². The molecule has 18 heavy (non-hydrogen) atoms. The summed E-state index contributed by atoms with van der Waals surface area (Å²) < 4.78 is 5.48.